The fraction of sp³-hybridized carbons (Fsp3) is 0.812. The number of fused-ring (bicyclic) bond motifs is 5. The van der Waals surface area contributed by atoms with Crippen molar-refractivity contribution in [2.45, 2.75) is 123 Å². The smallest absolute Gasteiger partial charge is 0.220 e. The lowest BCUT2D eigenvalue weighted by Gasteiger charge is -2.62. The van der Waals surface area contributed by atoms with Crippen LogP contribution in [0.4, 0.5) is 0 Å². The maximum absolute atomic E-state index is 12.4. The number of amides is 1. The van der Waals surface area contributed by atoms with Crippen molar-refractivity contribution in [1.82, 2.24) is 5.32 Å². The Morgan fingerprint density at radius 3 is 2.65 bits per heavy atom. The second-order valence-electron chi connectivity index (χ2n) is 13.5. The second-order valence-corrected chi connectivity index (χ2v) is 13.5. The molecule has 5 heteroatoms. The maximum Gasteiger partial charge on any atom is 0.220 e. The van der Waals surface area contributed by atoms with Crippen LogP contribution in [0.1, 0.15) is 116 Å². The van der Waals surface area contributed by atoms with Crippen LogP contribution in [0.2, 0.25) is 0 Å². The predicted molar refractivity (Wildman–Crippen MR) is 144 cm³/mol. The molecular formula is C32H49NO4. The Hall–Kier alpha value is -1.62. The molecule has 0 saturated heterocycles. The highest BCUT2D eigenvalue weighted by Gasteiger charge is 2.62. The summed E-state index contributed by atoms with van der Waals surface area (Å²) >= 11 is 0. The molecule has 0 aliphatic heterocycles. The van der Waals surface area contributed by atoms with Crippen LogP contribution in [0.5, 0.6) is 0 Å². The summed E-state index contributed by atoms with van der Waals surface area (Å²) in [6, 6.07) is 3.72. The van der Waals surface area contributed by atoms with E-state index in [-0.39, 0.29) is 17.4 Å². The van der Waals surface area contributed by atoms with E-state index in [9.17, 15) is 14.7 Å². The Morgan fingerprint density at radius 1 is 1.05 bits per heavy atom. The number of furan rings is 1. The Morgan fingerprint density at radius 2 is 1.84 bits per heavy atom. The highest BCUT2D eigenvalue weighted by Crippen LogP contribution is 2.67. The van der Waals surface area contributed by atoms with Gasteiger partial charge in [-0.2, -0.15) is 0 Å². The molecular weight excluding hydrogens is 462 g/mol. The van der Waals surface area contributed by atoms with Gasteiger partial charge in [0.2, 0.25) is 5.91 Å². The van der Waals surface area contributed by atoms with Crippen molar-refractivity contribution in [3.63, 3.8) is 0 Å². The number of hydrogen-bond donors (Lipinski definition) is 2. The monoisotopic (exact) mass is 511 g/mol. The number of unbranched alkanes of at least 4 members (excludes halogenated alkanes) is 4. The van der Waals surface area contributed by atoms with Crippen LogP contribution in [-0.2, 0) is 16.1 Å². The minimum atomic E-state index is -0.131. The van der Waals surface area contributed by atoms with Crippen molar-refractivity contribution in [1.29, 1.82) is 0 Å². The van der Waals surface area contributed by atoms with Crippen molar-refractivity contribution in [2.75, 3.05) is 0 Å². The number of Topliss-reactive ketones (excluding diaryl/α,β-unsaturated/α-hetero) is 1. The Balaban J connectivity index is 1.11. The van der Waals surface area contributed by atoms with Gasteiger partial charge in [-0.15, -0.1) is 0 Å². The second kappa shape index (κ2) is 11.2. The molecule has 0 radical (unpaired) electrons. The van der Waals surface area contributed by atoms with Crippen molar-refractivity contribution in [3.05, 3.63) is 24.2 Å². The van der Waals surface area contributed by atoms with E-state index in [4.69, 9.17) is 4.42 Å². The van der Waals surface area contributed by atoms with Crippen LogP contribution in [0, 0.1) is 40.4 Å². The summed E-state index contributed by atoms with van der Waals surface area (Å²) in [7, 11) is 0. The molecule has 4 aliphatic rings. The van der Waals surface area contributed by atoms with Crippen molar-refractivity contribution >= 4 is 11.7 Å². The van der Waals surface area contributed by atoms with Gasteiger partial charge in [0.15, 0.2) is 0 Å². The third-order valence-electron chi connectivity index (χ3n) is 11.6. The molecule has 1 heterocycles. The quantitative estimate of drug-likeness (QED) is 0.338. The van der Waals surface area contributed by atoms with Crippen LogP contribution in [0.25, 0.3) is 0 Å². The number of hydrogen-bond acceptors (Lipinski definition) is 4. The molecule has 5 rings (SSSR count). The fourth-order valence-electron chi connectivity index (χ4n) is 9.40. The lowest BCUT2D eigenvalue weighted by molar-refractivity contribution is -0.156. The Kier molecular flexibility index (Phi) is 8.19. The molecule has 4 saturated carbocycles. The predicted octanol–water partition coefficient (Wildman–Crippen LogP) is 6.83. The number of carbonyl (C=O) groups excluding carboxylic acids is 2. The number of nitrogens with one attached hydrogen (secondary N) is 1. The molecule has 0 spiro atoms. The van der Waals surface area contributed by atoms with E-state index in [0.717, 1.165) is 62.5 Å². The zero-order valence-electron chi connectivity index (χ0n) is 23.2. The molecule has 1 amide bonds. The zero-order valence-corrected chi connectivity index (χ0v) is 23.2. The van der Waals surface area contributed by atoms with Gasteiger partial charge in [-0.1, -0.05) is 46.0 Å². The summed E-state index contributed by atoms with van der Waals surface area (Å²) in [5.74, 6) is 4.77. The van der Waals surface area contributed by atoms with E-state index in [1.807, 2.05) is 12.1 Å². The first kappa shape index (κ1) is 27.0. The minimum absolute atomic E-state index is 0.102. The SMILES string of the molecule is C[C@]12CCC(=O)CC1CC(CCCCCCCC(=O)NCc1ccco1)[C@@H]1[C@H]2CC[C@]2(C)C(O)CC[C@@H]12. The average Bonchev–Trinajstić information content (AvgIpc) is 3.50. The Labute approximate surface area is 223 Å². The summed E-state index contributed by atoms with van der Waals surface area (Å²) in [4.78, 5) is 24.5. The summed E-state index contributed by atoms with van der Waals surface area (Å²) in [6.45, 7) is 5.38. The van der Waals surface area contributed by atoms with Gasteiger partial charge in [0.25, 0.3) is 0 Å². The summed E-state index contributed by atoms with van der Waals surface area (Å²) in [5.41, 5.74) is 0.423. The van der Waals surface area contributed by atoms with E-state index in [2.05, 4.69) is 19.2 Å². The lowest BCUT2D eigenvalue weighted by atomic mass is 9.42. The summed E-state index contributed by atoms with van der Waals surface area (Å²) in [6.07, 6.45) is 17.6. The highest BCUT2D eigenvalue weighted by molar-refractivity contribution is 5.79. The third kappa shape index (κ3) is 5.44. The lowest BCUT2D eigenvalue weighted by Crippen LogP contribution is -2.57. The number of aliphatic hydroxyl groups excluding tert-OH is 1. The number of ketones is 1. The molecule has 3 unspecified atom stereocenters. The van der Waals surface area contributed by atoms with Gasteiger partial charge < -0.3 is 14.8 Å². The number of aliphatic hydroxyl groups is 1. The first-order valence-corrected chi connectivity index (χ1v) is 15.3. The van der Waals surface area contributed by atoms with Gasteiger partial charge in [0.1, 0.15) is 11.5 Å². The van der Waals surface area contributed by atoms with Crippen LogP contribution < -0.4 is 5.32 Å². The van der Waals surface area contributed by atoms with E-state index in [1.165, 1.54) is 44.9 Å². The van der Waals surface area contributed by atoms with E-state index in [0.29, 0.717) is 41.9 Å². The molecule has 206 valence electrons. The molecule has 5 nitrogen and oxygen atoms in total. The van der Waals surface area contributed by atoms with E-state index in [1.54, 1.807) is 6.26 Å². The number of rotatable bonds is 10. The molecule has 37 heavy (non-hydrogen) atoms. The molecule has 1 aromatic heterocycles. The first-order chi connectivity index (χ1) is 17.8. The normalized spacial score (nSPS) is 39.1. The largest absolute Gasteiger partial charge is 0.467 e. The van der Waals surface area contributed by atoms with Crippen LogP contribution in [0.15, 0.2) is 22.8 Å². The van der Waals surface area contributed by atoms with Crippen LogP contribution in [0.3, 0.4) is 0 Å². The Bertz CT molecular complexity index is 927. The molecule has 4 aliphatic carbocycles. The fourth-order valence-corrected chi connectivity index (χ4v) is 9.40. The van der Waals surface area contributed by atoms with Crippen molar-refractivity contribution in [2.24, 2.45) is 40.4 Å². The summed E-state index contributed by atoms with van der Waals surface area (Å²) < 4.78 is 5.27. The molecule has 8 atom stereocenters. The van der Waals surface area contributed by atoms with Gasteiger partial charge in [-0.05, 0) is 97.5 Å². The molecule has 0 aromatic carbocycles. The van der Waals surface area contributed by atoms with E-state index < -0.39 is 0 Å². The molecule has 2 N–H and O–H groups in total. The van der Waals surface area contributed by atoms with Gasteiger partial charge in [0.05, 0.1) is 18.9 Å². The van der Waals surface area contributed by atoms with Gasteiger partial charge >= 0.3 is 0 Å². The molecule has 4 fully saturated rings. The standard InChI is InChI=1S/C32H49NO4/c1-31-16-14-24(34)20-23(31)19-22(30-26-12-13-28(35)32(26,2)17-15-27(30)31)9-6-4-3-5-7-11-29(36)33-21-25-10-8-18-37-25/h8,10,18,22-23,26-28,30,35H,3-7,9,11-17,19-21H2,1-2H3,(H,33,36)/t22?,23?,26-,27+,28?,30-,31-,32-/m0/s1. The van der Waals surface area contributed by atoms with Crippen LogP contribution in [-0.4, -0.2) is 22.9 Å². The highest BCUT2D eigenvalue weighted by atomic mass is 16.3. The van der Waals surface area contributed by atoms with Crippen molar-refractivity contribution < 1.29 is 19.1 Å². The maximum atomic E-state index is 12.4. The topological polar surface area (TPSA) is 79.5 Å². The van der Waals surface area contributed by atoms with Crippen molar-refractivity contribution in [3.8, 4) is 0 Å². The average molecular weight is 512 g/mol. The molecule has 1 aromatic rings. The minimum Gasteiger partial charge on any atom is -0.467 e. The first-order valence-electron chi connectivity index (χ1n) is 15.3. The van der Waals surface area contributed by atoms with E-state index >= 15 is 0 Å². The van der Waals surface area contributed by atoms with Gasteiger partial charge in [-0.3, -0.25) is 9.59 Å². The zero-order chi connectivity index (χ0) is 26.0. The van der Waals surface area contributed by atoms with Gasteiger partial charge in [0, 0.05) is 19.3 Å². The van der Waals surface area contributed by atoms with Gasteiger partial charge in [-0.25, -0.2) is 0 Å². The number of carbonyl (C=O) groups is 2. The third-order valence-corrected chi connectivity index (χ3v) is 11.6. The summed E-state index contributed by atoms with van der Waals surface area (Å²) in [5, 5.41) is 13.9. The van der Waals surface area contributed by atoms with Crippen LogP contribution >= 0.6 is 0 Å². The molecule has 0 bridgehead atoms.